The minimum atomic E-state index is 0.521. The van der Waals surface area contributed by atoms with E-state index < -0.39 is 0 Å². The molecule has 6 heteroatoms. The molecule has 3 rings (SSSR count). The third-order valence-corrected chi connectivity index (χ3v) is 3.12. The van der Waals surface area contributed by atoms with Crippen LogP contribution in [0.5, 0.6) is 5.75 Å². The minimum absolute atomic E-state index is 0.521. The van der Waals surface area contributed by atoms with Gasteiger partial charge in [0.1, 0.15) is 5.75 Å². The van der Waals surface area contributed by atoms with Gasteiger partial charge >= 0.3 is 6.01 Å². The third-order valence-electron chi connectivity index (χ3n) is 3.12. The van der Waals surface area contributed by atoms with Crippen molar-refractivity contribution in [2.45, 2.75) is 0 Å². The molecule has 0 amide bonds. The quantitative estimate of drug-likeness (QED) is 0.893. The topological polar surface area (TPSA) is 63.4 Å². The van der Waals surface area contributed by atoms with Gasteiger partial charge in [-0.3, -0.25) is 0 Å². The monoisotopic (exact) mass is 260 g/mol. The van der Waals surface area contributed by atoms with Crippen LogP contribution < -0.4 is 15.0 Å². The molecule has 0 spiro atoms. The maximum absolute atomic E-state index is 5.73. The second-order valence-corrected chi connectivity index (χ2v) is 4.36. The molecule has 1 aliphatic rings. The van der Waals surface area contributed by atoms with Crippen LogP contribution in [0.3, 0.4) is 0 Å². The van der Waals surface area contributed by atoms with Gasteiger partial charge in [-0.1, -0.05) is 11.2 Å². The summed E-state index contributed by atoms with van der Waals surface area (Å²) < 4.78 is 10.9. The number of rotatable bonds is 3. The number of nitrogens with zero attached hydrogens (tertiary/aromatic N) is 3. The molecule has 0 aliphatic carbocycles. The first kappa shape index (κ1) is 12.0. The van der Waals surface area contributed by atoms with Gasteiger partial charge in [0.25, 0.3) is 0 Å². The van der Waals surface area contributed by atoms with Crippen LogP contribution in [0.1, 0.15) is 0 Å². The molecule has 2 aromatic rings. The fourth-order valence-electron chi connectivity index (χ4n) is 2.07. The Bertz CT molecular complexity index is 549. The molecular formula is C13H16N4O2. The Labute approximate surface area is 111 Å². The van der Waals surface area contributed by atoms with Crippen LogP contribution in [0, 0.1) is 0 Å². The van der Waals surface area contributed by atoms with Crippen LogP contribution >= 0.6 is 0 Å². The van der Waals surface area contributed by atoms with Crippen molar-refractivity contribution in [3.05, 3.63) is 24.3 Å². The van der Waals surface area contributed by atoms with Crippen molar-refractivity contribution < 1.29 is 9.15 Å². The number of hydrogen-bond donors (Lipinski definition) is 1. The number of anilines is 1. The Morgan fingerprint density at radius 1 is 1.26 bits per heavy atom. The first-order chi connectivity index (χ1) is 9.36. The van der Waals surface area contributed by atoms with Crippen LogP contribution in [0.25, 0.3) is 11.5 Å². The maximum atomic E-state index is 5.73. The van der Waals surface area contributed by atoms with Crippen molar-refractivity contribution in [1.82, 2.24) is 15.5 Å². The highest BCUT2D eigenvalue weighted by molar-refractivity contribution is 5.56. The van der Waals surface area contributed by atoms with Gasteiger partial charge in [-0.15, -0.1) is 5.10 Å². The van der Waals surface area contributed by atoms with Crippen LogP contribution in [-0.2, 0) is 0 Å². The van der Waals surface area contributed by atoms with Crippen molar-refractivity contribution in [3.8, 4) is 17.2 Å². The summed E-state index contributed by atoms with van der Waals surface area (Å²) in [6.45, 7) is 3.66. The zero-order chi connectivity index (χ0) is 13.1. The average molecular weight is 260 g/mol. The largest absolute Gasteiger partial charge is 0.497 e. The van der Waals surface area contributed by atoms with E-state index in [9.17, 15) is 0 Å². The smallest absolute Gasteiger partial charge is 0.318 e. The summed E-state index contributed by atoms with van der Waals surface area (Å²) in [5.41, 5.74) is 0.869. The second-order valence-electron chi connectivity index (χ2n) is 4.36. The highest BCUT2D eigenvalue weighted by Gasteiger charge is 2.17. The lowest BCUT2D eigenvalue weighted by Crippen LogP contribution is -2.43. The van der Waals surface area contributed by atoms with Gasteiger partial charge in [0, 0.05) is 31.7 Å². The van der Waals surface area contributed by atoms with Crippen LogP contribution in [0.4, 0.5) is 6.01 Å². The molecule has 1 aromatic carbocycles. The van der Waals surface area contributed by atoms with E-state index in [0.717, 1.165) is 37.5 Å². The molecule has 0 atom stereocenters. The molecule has 0 radical (unpaired) electrons. The van der Waals surface area contributed by atoms with E-state index in [1.807, 2.05) is 24.3 Å². The summed E-state index contributed by atoms with van der Waals surface area (Å²) in [5.74, 6) is 1.30. The van der Waals surface area contributed by atoms with E-state index >= 15 is 0 Å². The molecule has 100 valence electrons. The molecule has 1 aromatic heterocycles. The lowest BCUT2D eigenvalue weighted by molar-refractivity contribution is 0.414. The lowest BCUT2D eigenvalue weighted by Gasteiger charge is -2.24. The SMILES string of the molecule is COc1cccc(-c2nnc(N3CCNCC3)o2)c1. The van der Waals surface area contributed by atoms with Crippen molar-refractivity contribution in [3.63, 3.8) is 0 Å². The first-order valence-electron chi connectivity index (χ1n) is 6.30. The highest BCUT2D eigenvalue weighted by atomic mass is 16.5. The van der Waals surface area contributed by atoms with Gasteiger partial charge in [-0.05, 0) is 18.2 Å². The molecule has 0 saturated carbocycles. The Hall–Kier alpha value is -2.08. The van der Waals surface area contributed by atoms with Gasteiger partial charge in [0.15, 0.2) is 0 Å². The van der Waals surface area contributed by atoms with E-state index in [1.165, 1.54) is 0 Å². The number of hydrogen-bond acceptors (Lipinski definition) is 6. The van der Waals surface area contributed by atoms with Crippen LogP contribution in [-0.4, -0.2) is 43.5 Å². The van der Waals surface area contributed by atoms with E-state index in [-0.39, 0.29) is 0 Å². The molecular weight excluding hydrogens is 244 g/mol. The maximum Gasteiger partial charge on any atom is 0.318 e. The van der Waals surface area contributed by atoms with E-state index in [4.69, 9.17) is 9.15 Å². The Balaban J connectivity index is 1.83. The molecule has 6 nitrogen and oxygen atoms in total. The zero-order valence-electron chi connectivity index (χ0n) is 10.8. The second kappa shape index (κ2) is 5.27. The molecule has 1 N–H and O–H groups in total. The average Bonchev–Trinajstić information content (AvgIpc) is 2.98. The van der Waals surface area contributed by atoms with E-state index in [0.29, 0.717) is 11.9 Å². The number of piperazine rings is 1. The number of benzene rings is 1. The van der Waals surface area contributed by atoms with Crippen LogP contribution in [0.15, 0.2) is 28.7 Å². The van der Waals surface area contributed by atoms with Gasteiger partial charge in [0.05, 0.1) is 7.11 Å². The molecule has 19 heavy (non-hydrogen) atoms. The minimum Gasteiger partial charge on any atom is -0.497 e. The third kappa shape index (κ3) is 2.53. The molecule has 1 aliphatic heterocycles. The molecule has 0 unspecified atom stereocenters. The van der Waals surface area contributed by atoms with Crippen molar-refractivity contribution >= 4 is 6.01 Å². The standard InChI is InChI=1S/C13H16N4O2/c1-18-11-4-2-3-10(9-11)12-15-16-13(19-12)17-7-5-14-6-8-17/h2-4,9,14H,5-8H2,1H3. The lowest BCUT2D eigenvalue weighted by atomic mass is 10.2. The summed E-state index contributed by atoms with van der Waals surface area (Å²) in [7, 11) is 1.64. The summed E-state index contributed by atoms with van der Waals surface area (Å²) >= 11 is 0. The number of methoxy groups -OCH3 is 1. The molecule has 1 saturated heterocycles. The Morgan fingerprint density at radius 2 is 2.11 bits per heavy atom. The van der Waals surface area contributed by atoms with E-state index in [1.54, 1.807) is 7.11 Å². The van der Waals surface area contributed by atoms with Crippen molar-refractivity contribution in [2.75, 3.05) is 38.2 Å². The number of aromatic nitrogens is 2. The fourth-order valence-corrected chi connectivity index (χ4v) is 2.07. The number of ether oxygens (including phenoxy) is 1. The van der Waals surface area contributed by atoms with E-state index in [2.05, 4.69) is 20.4 Å². The number of nitrogens with one attached hydrogen (secondary N) is 1. The van der Waals surface area contributed by atoms with Gasteiger partial charge in [0.2, 0.25) is 5.89 Å². The molecule has 2 heterocycles. The predicted molar refractivity (Wildman–Crippen MR) is 71.4 cm³/mol. The highest BCUT2D eigenvalue weighted by Crippen LogP contribution is 2.25. The summed E-state index contributed by atoms with van der Waals surface area (Å²) in [4.78, 5) is 2.09. The molecule has 0 bridgehead atoms. The fraction of sp³-hybridized carbons (Fsp3) is 0.385. The van der Waals surface area contributed by atoms with Crippen molar-refractivity contribution in [1.29, 1.82) is 0 Å². The van der Waals surface area contributed by atoms with Crippen molar-refractivity contribution in [2.24, 2.45) is 0 Å². The first-order valence-corrected chi connectivity index (χ1v) is 6.30. The van der Waals surface area contributed by atoms with Gasteiger partial charge in [-0.2, -0.15) is 0 Å². The van der Waals surface area contributed by atoms with Crippen LogP contribution in [0.2, 0.25) is 0 Å². The predicted octanol–water partition coefficient (Wildman–Crippen LogP) is 1.15. The summed E-state index contributed by atoms with van der Waals surface area (Å²) in [6.07, 6.45) is 0. The van der Waals surface area contributed by atoms with Gasteiger partial charge < -0.3 is 19.4 Å². The Kier molecular flexibility index (Phi) is 3.33. The zero-order valence-corrected chi connectivity index (χ0v) is 10.8. The summed E-state index contributed by atoms with van der Waals surface area (Å²) in [6, 6.07) is 8.19. The molecule has 1 fully saturated rings. The Morgan fingerprint density at radius 3 is 2.89 bits per heavy atom. The summed E-state index contributed by atoms with van der Waals surface area (Å²) in [5, 5.41) is 11.5. The normalized spacial score (nSPS) is 15.5. The van der Waals surface area contributed by atoms with Gasteiger partial charge in [-0.25, -0.2) is 0 Å².